The number of aryl methyl sites for hydroxylation is 2. The summed E-state index contributed by atoms with van der Waals surface area (Å²) >= 11 is 0. The molecule has 0 aliphatic rings. The molecule has 0 aliphatic carbocycles. The Hall–Kier alpha value is -9.57. The van der Waals surface area contributed by atoms with Gasteiger partial charge in [-0.05, 0) is 130 Å². The summed E-state index contributed by atoms with van der Waals surface area (Å²) in [5.41, 5.74) is 12.7. The number of aliphatic hydroxyl groups is 4. The number of aromatic nitrogens is 4. The topological polar surface area (TPSA) is 210 Å². The van der Waals surface area contributed by atoms with Crippen LogP contribution in [0.15, 0.2) is 266 Å². The number of carbonyl (C=O) groups is 4. The Labute approximate surface area is 659 Å². The van der Waals surface area contributed by atoms with E-state index in [0.717, 1.165) is 84.5 Å². The second-order valence-electron chi connectivity index (χ2n) is 22.3. The zero-order valence-corrected chi connectivity index (χ0v) is 68.3. The summed E-state index contributed by atoms with van der Waals surface area (Å²) in [6, 6.07) is 81.5. The summed E-state index contributed by atoms with van der Waals surface area (Å²) in [6.07, 6.45) is 0.325. The fourth-order valence-electron chi connectivity index (χ4n) is 9.04. The molecule has 0 amide bonds. The Bertz CT molecular complexity index is 4740. The fraction of sp³-hybridized carbons (Fsp3) is 0.143. The van der Waals surface area contributed by atoms with Gasteiger partial charge in [0.1, 0.15) is 0 Å². The van der Waals surface area contributed by atoms with Crippen LogP contribution in [0.3, 0.4) is 0 Å². The van der Waals surface area contributed by atoms with Crippen LogP contribution < -0.4 is 4.74 Å². The number of methoxy groups -OCH3 is 1. The third-order valence-corrected chi connectivity index (χ3v) is 13.3. The molecule has 4 radical (unpaired) electrons. The van der Waals surface area contributed by atoms with Crippen LogP contribution in [0.1, 0.15) is 72.1 Å². The van der Waals surface area contributed by atoms with Crippen molar-refractivity contribution in [1.82, 2.24) is 19.9 Å². The third-order valence-electron chi connectivity index (χ3n) is 13.3. The van der Waals surface area contributed by atoms with E-state index in [1.807, 2.05) is 140 Å². The molecule has 0 unspecified atom stereocenters. The number of para-hydroxylation sites is 4. The molecule has 0 bridgehead atoms. The second kappa shape index (κ2) is 47.6. The zero-order chi connectivity index (χ0) is 73.3. The first-order chi connectivity index (χ1) is 47.6. The largest absolute Gasteiger partial charge is 0.516 e. The minimum Gasteiger partial charge on any atom is -0.516 e. The van der Waals surface area contributed by atoms with Gasteiger partial charge < -0.3 is 25.2 Å². The third kappa shape index (κ3) is 33.7. The predicted octanol–water partition coefficient (Wildman–Crippen LogP) is 20.6. The van der Waals surface area contributed by atoms with Crippen LogP contribution in [-0.4, -0.2) is 70.6 Å². The molecule has 20 heteroatoms. The monoisotopic (exact) mass is 2110 g/mol. The quantitative estimate of drug-likeness (QED) is 0.0603. The number of ether oxygens (including phenoxy) is 1. The number of allylic oxidation sites excluding steroid dienone is 8. The van der Waals surface area contributed by atoms with Crippen LogP contribution in [0.5, 0.6) is 5.75 Å². The molecule has 104 heavy (non-hydrogen) atoms. The molecule has 4 heterocycles. The predicted molar refractivity (Wildman–Crippen MR) is 393 cm³/mol. The van der Waals surface area contributed by atoms with Crippen molar-refractivity contribution in [1.29, 1.82) is 0 Å². The fourth-order valence-corrected chi connectivity index (χ4v) is 9.04. The zero-order valence-electron chi connectivity index (χ0n) is 58.7. The number of nitrogens with zero attached hydrogens (tertiary/aromatic N) is 4. The molecule has 4 N–H and O–H groups in total. The van der Waals surface area contributed by atoms with Crippen molar-refractivity contribution in [3.8, 4) is 50.8 Å². The van der Waals surface area contributed by atoms with E-state index in [0.29, 0.717) is 11.3 Å². The Morgan fingerprint density at radius 1 is 0.385 bits per heavy atom. The molecule has 0 aliphatic heterocycles. The number of hydrogen-bond donors (Lipinski definition) is 4. The van der Waals surface area contributed by atoms with Gasteiger partial charge in [-0.1, -0.05) is 135 Å². The van der Waals surface area contributed by atoms with E-state index in [9.17, 15) is 32.3 Å². The number of carbonyl (C=O) groups excluding carboxylic acids is 4. The van der Waals surface area contributed by atoms with Gasteiger partial charge in [-0.2, -0.15) is 13.2 Å². The van der Waals surface area contributed by atoms with Crippen molar-refractivity contribution in [2.24, 2.45) is 0 Å². The SMILES string of the molecule is CC(=O)C=C(C)O.CC(=O)C=C(C)O.CC(=O)C=C(C)O.CC(=O)C=C(C)O.COc1cc[c-]c(-c2ccc3ccccc3n2)c1.Cc1cc[c-]c(-c2ccc3ccccc3n2)c1.Cc1ccc[c-]c1-c1ccc2ccccc2n1.FC(F)(F)c1c[c-]c(-c2ccc3ccccc3n2)cc1.[Ir].[Ir].[Ir].[Ir]. The molecule has 0 atom stereocenters. The molecule has 0 fully saturated rings. The van der Waals surface area contributed by atoms with Gasteiger partial charge in [-0.25, -0.2) is 0 Å². The van der Waals surface area contributed by atoms with E-state index in [1.165, 1.54) is 108 Å². The van der Waals surface area contributed by atoms with Gasteiger partial charge >= 0.3 is 6.18 Å². The van der Waals surface area contributed by atoms with Crippen LogP contribution in [0.2, 0.25) is 0 Å². The van der Waals surface area contributed by atoms with Gasteiger partial charge in [0, 0.05) is 110 Å². The minimum atomic E-state index is -4.34. The summed E-state index contributed by atoms with van der Waals surface area (Å²) in [7, 11) is 1.66. The van der Waals surface area contributed by atoms with Crippen molar-refractivity contribution in [3.63, 3.8) is 0 Å². The average molecular weight is 2110 g/mol. The summed E-state index contributed by atoms with van der Waals surface area (Å²) in [4.78, 5) is 58.5. The first kappa shape index (κ1) is 92.4. The summed E-state index contributed by atoms with van der Waals surface area (Å²) < 4.78 is 42.7. The molecule has 13 nitrogen and oxygen atoms in total. The van der Waals surface area contributed by atoms with Gasteiger partial charge in [0.2, 0.25) is 0 Å². The molecule has 0 spiro atoms. The van der Waals surface area contributed by atoms with E-state index in [1.54, 1.807) is 13.2 Å². The van der Waals surface area contributed by atoms with E-state index < -0.39 is 11.7 Å². The molecule has 0 saturated heterocycles. The second-order valence-corrected chi connectivity index (χ2v) is 22.3. The molecule has 548 valence electrons. The van der Waals surface area contributed by atoms with Crippen molar-refractivity contribution in [3.05, 3.63) is 307 Å². The van der Waals surface area contributed by atoms with Crippen molar-refractivity contribution in [2.45, 2.75) is 75.4 Å². The van der Waals surface area contributed by atoms with Gasteiger partial charge in [0.25, 0.3) is 0 Å². The maximum absolute atomic E-state index is 12.5. The smallest absolute Gasteiger partial charge is 0.381 e. The summed E-state index contributed by atoms with van der Waals surface area (Å²) in [6.45, 7) is 15.6. The number of hydrogen-bond acceptors (Lipinski definition) is 13. The van der Waals surface area contributed by atoms with E-state index >= 15 is 0 Å². The summed E-state index contributed by atoms with van der Waals surface area (Å²) in [5, 5.41) is 37.9. The van der Waals surface area contributed by atoms with Crippen molar-refractivity contribution < 1.29 is 138 Å². The standard InChI is InChI=1S/C16H9F3N.C16H12NO.2C16H12N.4C5H8O2.4Ir/c17-16(18,19)13-8-5-12(6-9-13)15-10-7-11-3-1-2-4-14(11)20-15;1-18-14-7-4-6-13(11-14)16-10-9-12-5-2-3-8-15(12)17-16;1-12-6-2-4-8-14(12)16-11-10-13-7-3-5-9-15(13)17-16;1-12-5-4-7-14(11-12)16-10-9-13-6-2-3-8-15(13)17-16;4*1-4(6)3-5(2)7;;;;/h1-5,7-10H;2-5,7-11H,1H3;2-7,9-11H,1H3;2-6,8-11H,1H3;4*3,6H,1-2H3;;;;/q4*-1;;;;;;;;. The molecular weight excluding hydrogens is 2030 g/mol. The number of fused-ring (bicyclic) bond motifs is 4. The number of alkyl halides is 3. The van der Waals surface area contributed by atoms with Gasteiger partial charge in [-0.15, -0.1) is 130 Å². The molecule has 4 aromatic heterocycles. The van der Waals surface area contributed by atoms with Gasteiger partial charge in [0.05, 0.1) is 52.2 Å². The number of aliphatic hydroxyl groups excluding tert-OH is 4. The number of pyridine rings is 4. The summed E-state index contributed by atoms with van der Waals surface area (Å²) in [5.74, 6) is 0.568. The Morgan fingerprint density at radius 3 is 1.05 bits per heavy atom. The average Bonchev–Trinajstić information content (AvgIpc) is 0.823. The maximum Gasteiger partial charge on any atom is 0.381 e. The molecule has 0 saturated carbocycles. The van der Waals surface area contributed by atoms with Crippen molar-refractivity contribution >= 4 is 66.7 Å². The Balaban J connectivity index is 0.000000613. The number of ketones is 4. The molecule has 8 aromatic carbocycles. The molecule has 12 aromatic rings. The first-order valence-corrected chi connectivity index (χ1v) is 31.1. The van der Waals surface area contributed by atoms with E-state index in [4.69, 9.17) is 25.2 Å². The van der Waals surface area contributed by atoms with Gasteiger partial charge in [-0.3, -0.25) is 39.1 Å². The molecular formula is C84H77F3Ir4N4O9-4. The van der Waals surface area contributed by atoms with Crippen LogP contribution in [0, 0.1) is 38.1 Å². The van der Waals surface area contributed by atoms with E-state index in [-0.39, 0.29) is 127 Å². The van der Waals surface area contributed by atoms with Gasteiger partial charge in [0.15, 0.2) is 23.1 Å². The normalized spacial score (nSPS) is 10.6. The molecule has 12 rings (SSSR count). The van der Waals surface area contributed by atoms with Crippen LogP contribution in [0.4, 0.5) is 13.2 Å². The van der Waals surface area contributed by atoms with Crippen LogP contribution >= 0.6 is 0 Å². The number of benzene rings is 8. The Kier molecular flexibility index (Phi) is 42.3. The van der Waals surface area contributed by atoms with Crippen LogP contribution in [-0.2, 0) is 106 Å². The number of rotatable bonds is 9. The maximum atomic E-state index is 12.5. The van der Waals surface area contributed by atoms with Crippen molar-refractivity contribution in [2.75, 3.05) is 7.11 Å². The minimum absolute atomic E-state index is 0. The Morgan fingerprint density at radius 2 is 0.731 bits per heavy atom. The number of halogens is 3. The van der Waals surface area contributed by atoms with E-state index in [2.05, 4.69) is 113 Å². The van der Waals surface area contributed by atoms with Crippen LogP contribution in [0.25, 0.3) is 88.6 Å². The first-order valence-electron chi connectivity index (χ1n) is 31.1.